The van der Waals surface area contributed by atoms with Gasteiger partial charge in [0.25, 0.3) is 0 Å². The summed E-state index contributed by atoms with van der Waals surface area (Å²) in [5, 5.41) is 0. The number of hydrogen-bond acceptors (Lipinski definition) is 2. The number of hydrogen-bond donors (Lipinski definition) is 1. The highest BCUT2D eigenvalue weighted by atomic mass is 19.1. The highest BCUT2D eigenvalue weighted by molar-refractivity contribution is 5.17. The van der Waals surface area contributed by atoms with Crippen LogP contribution in [0.25, 0.3) is 0 Å². The van der Waals surface area contributed by atoms with Crippen molar-refractivity contribution >= 4 is 0 Å². The fourth-order valence-electron chi connectivity index (χ4n) is 1.73. The van der Waals surface area contributed by atoms with E-state index in [2.05, 4.69) is 11.9 Å². The average Bonchev–Trinajstić information content (AvgIpc) is 2.27. The summed E-state index contributed by atoms with van der Waals surface area (Å²) in [7, 11) is 0. The molecule has 1 rings (SSSR count). The van der Waals surface area contributed by atoms with Gasteiger partial charge in [-0.15, -0.1) is 0 Å². The smallest absolute Gasteiger partial charge is 0.105 e. The van der Waals surface area contributed by atoms with Crippen molar-refractivity contribution in [3.05, 3.63) is 29.6 Å². The molecule has 0 aliphatic heterocycles. The SMILES string of the molecule is CCC(N)c1ccc(CCCC(C)(C)F)nc1. The van der Waals surface area contributed by atoms with E-state index in [-0.39, 0.29) is 6.04 Å². The molecule has 0 fully saturated rings. The highest BCUT2D eigenvalue weighted by Crippen LogP contribution is 2.18. The van der Waals surface area contributed by atoms with E-state index < -0.39 is 5.67 Å². The van der Waals surface area contributed by atoms with Crippen molar-refractivity contribution in [1.29, 1.82) is 0 Å². The molecule has 2 N–H and O–H groups in total. The second-order valence-corrected chi connectivity index (χ2v) is 5.17. The Morgan fingerprint density at radius 2 is 2.12 bits per heavy atom. The number of rotatable bonds is 6. The van der Waals surface area contributed by atoms with E-state index in [4.69, 9.17) is 5.73 Å². The number of nitrogens with two attached hydrogens (primary N) is 1. The summed E-state index contributed by atoms with van der Waals surface area (Å²) in [4.78, 5) is 4.36. The van der Waals surface area contributed by atoms with Gasteiger partial charge in [-0.25, -0.2) is 4.39 Å². The Bertz CT molecular complexity index is 327. The Morgan fingerprint density at radius 1 is 1.41 bits per heavy atom. The zero-order chi connectivity index (χ0) is 12.9. The van der Waals surface area contributed by atoms with Gasteiger partial charge >= 0.3 is 0 Å². The molecule has 1 atom stereocenters. The molecule has 1 aromatic heterocycles. The molecule has 0 bridgehead atoms. The molecule has 1 heterocycles. The Kier molecular flexibility index (Phi) is 5.06. The van der Waals surface area contributed by atoms with Gasteiger partial charge in [0.2, 0.25) is 0 Å². The largest absolute Gasteiger partial charge is 0.324 e. The highest BCUT2D eigenvalue weighted by Gasteiger charge is 2.14. The second kappa shape index (κ2) is 6.10. The van der Waals surface area contributed by atoms with Gasteiger partial charge < -0.3 is 5.73 Å². The van der Waals surface area contributed by atoms with Crippen molar-refractivity contribution in [3.63, 3.8) is 0 Å². The first kappa shape index (κ1) is 14.1. The molecule has 0 radical (unpaired) electrons. The van der Waals surface area contributed by atoms with Crippen LogP contribution in [0.4, 0.5) is 4.39 Å². The minimum Gasteiger partial charge on any atom is -0.324 e. The number of nitrogens with zero attached hydrogens (tertiary/aromatic N) is 1. The fourth-order valence-corrected chi connectivity index (χ4v) is 1.73. The monoisotopic (exact) mass is 238 g/mol. The normalized spacial score (nSPS) is 13.7. The average molecular weight is 238 g/mol. The Labute approximate surface area is 103 Å². The minimum atomic E-state index is -1.08. The molecular formula is C14H23FN2. The van der Waals surface area contributed by atoms with Gasteiger partial charge in [0.05, 0.1) is 0 Å². The maximum atomic E-state index is 13.3. The van der Waals surface area contributed by atoms with Crippen LogP contribution in [0.15, 0.2) is 18.3 Å². The topological polar surface area (TPSA) is 38.9 Å². The lowest BCUT2D eigenvalue weighted by Gasteiger charge is -2.13. The van der Waals surface area contributed by atoms with Crippen molar-refractivity contribution in [3.8, 4) is 0 Å². The van der Waals surface area contributed by atoms with Crippen LogP contribution < -0.4 is 5.73 Å². The van der Waals surface area contributed by atoms with Crippen LogP contribution in [0.2, 0.25) is 0 Å². The molecule has 0 spiro atoms. The second-order valence-electron chi connectivity index (χ2n) is 5.17. The molecule has 96 valence electrons. The van der Waals surface area contributed by atoms with Crippen molar-refractivity contribution in [2.24, 2.45) is 5.73 Å². The van der Waals surface area contributed by atoms with Gasteiger partial charge in [0.15, 0.2) is 0 Å². The Morgan fingerprint density at radius 3 is 2.59 bits per heavy atom. The lowest BCUT2D eigenvalue weighted by Crippen LogP contribution is -2.12. The van der Waals surface area contributed by atoms with E-state index >= 15 is 0 Å². The number of aromatic nitrogens is 1. The first-order valence-corrected chi connectivity index (χ1v) is 6.31. The molecule has 3 heteroatoms. The van der Waals surface area contributed by atoms with Crippen molar-refractivity contribution in [2.75, 3.05) is 0 Å². The first-order chi connectivity index (χ1) is 7.92. The molecule has 0 saturated carbocycles. The van der Waals surface area contributed by atoms with Gasteiger partial charge in [0.1, 0.15) is 5.67 Å². The van der Waals surface area contributed by atoms with Gasteiger partial charge in [-0.05, 0) is 51.2 Å². The van der Waals surface area contributed by atoms with Gasteiger partial charge in [-0.3, -0.25) is 4.98 Å². The zero-order valence-electron chi connectivity index (χ0n) is 11.0. The van der Waals surface area contributed by atoms with Gasteiger partial charge in [0, 0.05) is 17.9 Å². The van der Waals surface area contributed by atoms with Crippen LogP contribution in [-0.4, -0.2) is 10.7 Å². The van der Waals surface area contributed by atoms with E-state index in [1.165, 1.54) is 0 Å². The third kappa shape index (κ3) is 5.26. The standard InChI is InChI=1S/C14H23FN2/c1-4-13(16)11-7-8-12(17-10-11)6-5-9-14(2,3)15/h7-8,10,13H,4-6,9,16H2,1-3H3. The minimum absolute atomic E-state index is 0.0707. The molecular weight excluding hydrogens is 215 g/mol. The maximum Gasteiger partial charge on any atom is 0.105 e. The summed E-state index contributed by atoms with van der Waals surface area (Å²) >= 11 is 0. The van der Waals surface area contributed by atoms with E-state index in [0.29, 0.717) is 6.42 Å². The molecule has 0 aromatic carbocycles. The lowest BCUT2D eigenvalue weighted by atomic mass is 10.0. The first-order valence-electron chi connectivity index (χ1n) is 6.31. The van der Waals surface area contributed by atoms with Gasteiger partial charge in [-0.1, -0.05) is 13.0 Å². The third-order valence-electron chi connectivity index (χ3n) is 2.92. The Hall–Kier alpha value is -0.960. The lowest BCUT2D eigenvalue weighted by molar-refractivity contribution is 0.197. The Balaban J connectivity index is 2.46. The number of alkyl halides is 1. The number of halogens is 1. The van der Waals surface area contributed by atoms with E-state index in [1.54, 1.807) is 13.8 Å². The number of aryl methyl sites for hydroxylation is 1. The van der Waals surface area contributed by atoms with Crippen molar-refractivity contribution in [1.82, 2.24) is 4.98 Å². The molecule has 1 aromatic rings. The third-order valence-corrected chi connectivity index (χ3v) is 2.92. The summed E-state index contributed by atoms with van der Waals surface area (Å²) in [6.45, 7) is 5.29. The van der Waals surface area contributed by atoms with Crippen LogP contribution in [0.3, 0.4) is 0 Å². The summed E-state index contributed by atoms with van der Waals surface area (Å²) in [5.41, 5.74) is 6.92. The zero-order valence-corrected chi connectivity index (χ0v) is 11.0. The molecule has 2 nitrogen and oxygen atoms in total. The van der Waals surface area contributed by atoms with Crippen molar-refractivity contribution < 1.29 is 4.39 Å². The van der Waals surface area contributed by atoms with Gasteiger partial charge in [-0.2, -0.15) is 0 Å². The van der Waals surface area contributed by atoms with Crippen LogP contribution >= 0.6 is 0 Å². The maximum absolute atomic E-state index is 13.3. The molecule has 1 unspecified atom stereocenters. The quantitative estimate of drug-likeness (QED) is 0.823. The predicted octanol–water partition coefficient (Wildman–Crippen LogP) is 3.56. The molecule has 0 amide bonds. The van der Waals surface area contributed by atoms with Crippen LogP contribution in [0.5, 0.6) is 0 Å². The van der Waals surface area contributed by atoms with E-state index in [9.17, 15) is 4.39 Å². The predicted molar refractivity (Wildman–Crippen MR) is 69.6 cm³/mol. The molecule has 17 heavy (non-hydrogen) atoms. The van der Waals surface area contributed by atoms with Crippen molar-refractivity contribution in [2.45, 2.75) is 58.2 Å². The summed E-state index contributed by atoms with van der Waals surface area (Å²) in [6.07, 6.45) is 4.98. The fraction of sp³-hybridized carbons (Fsp3) is 0.643. The number of pyridine rings is 1. The molecule has 0 aliphatic rings. The molecule has 0 saturated heterocycles. The van der Waals surface area contributed by atoms with Crippen LogP contribution in [0.1, 0.15) is 57.3 Å². The van der Waals surface area contributed by atoms with E-state index in [0.717, 1.165) is 30.5 Å². The summed E-state index contributed by atoms with van der Waals surface area (Å²) in [6, 6.07) is 4.09. The summed E-state index contributed by atoms with van der Waals surface area (Å²) in [5.74, 6) is 0. The van der Waals surface area contributed by atoms with Crippen LogP contribution in [-0.2, 0) is 6.42 Å². The summed E-state index contributed by atoms with van der Waals surface area (Å²) < 4.78 is 13.3. The molecule has 0 aliphatic carbocycles. The van der Waals surface area contributed by atoms with E-state index in [1.807, 2.05) is 18.3 Å². The van der Waals surface area contributed by atoms with Crippen LogP contribution in [0, 0.1) is 0 Å².